The van der Waals surface area contributed by atoms with E-state index in [0.29, 0.717) is 10.8 Å². The minimum absolute atomic E-state index is 0.257. The van der Waals surface area contributed by atoms with Crippen LogP contribution in [0.1, 0.15) is 71.8 Å². The van der Waals surface area contributed by atoms with Gasteiger partial charge in [0, 0.05) is 0 Å². The summed E-state index contributed by atoms with van der Waals surface area (Å²) < 4.78 is 29.2. The molecule has 0 aromatic heterocycles. The van der Waals surface area contributed by atoms with Crippen LogP contribution in [0.2, 0.25) is 0 Å². The van der Waals surface area contributed by atoms with Gasteiger partial charge in [-0.1, -0.05) is 76.1 Å². The standard InChI is InChI=1S/C24H37NO2S/c1-6-7-8-9-10-17-24(18-15-21(16-19-24)23(3,4)5)25-28(26,27)22-13-11-20(2)12-14-22/h8-14,17,21,25H,6-7,15-16,18-19H2,1-5H3/b9-8-,17-10+. The molecule has 0 atom stereocenters. The highest BCUT2D eigenvalue weighted by atomic mass is 32.2. The fraction of sp³-hybridized carbons (Fsp3) is 0.583. The van der Waals surface area contributed by atoms with Crippen molar-refractivity contribution < 1.29 is 8.42 Å². The van der Waals surface area contributed by atoms with E-state index in [1.165, 1.54) is 0 Å². The predicted molar refractivity (Wildman–Crippen MR) is 119 cm³/mol. The van der Waals surface area contributed by atoms with Crippen LogP contribution in [0.5, 0.6) is 0 Å². The zero-order valence-corrected chi connectivity index (χ0v) is 19.0. The molecule has 1 fully saturated rings. The second-order valence-electron chi connectivity index (χ2n) is 9.29. The maximum atomic E-state index is 13.1. The van der Waals surface area contributed by atoms with Gasteiger partial charge in [0.1, 0.15) is 0 Å². The first-order valence-electron chi connectivity index (χ1n) is 10.5. The van der Waals surface area contributed by atoms with Crippen molar-refractivity contribution in [1.29, 1.82) is 0 Å². The Hall–Kier alpha value is -1.39. The molecule has 0 amide bonds. The molecule has 0 unspecified atom stereocenters. The summed E-state index contributed by atoms with van der Waals surface area (Å²) >= 11 is 0. The van der Waals surface area contributed by atoms with Crippen LogP contribution in [-0.2, 0) is 10.0 Å². The first-order chi connectivity index (χ1) is 13.1. The molecule has 156 valence electrons. The molecule has 0 saturated heterocycles. The van der Waals surface area contributed by atoms with Gasteiger partial charge in [0.05, 0.1) is 10.4 Å². The summed E-state index contributed by atoms with van der Waals surface area (Å²) in [6, 6.07) is 7.08. The Balaban J connectivity index is 2.25. The topological polar surface area (TPSA) is 46.2 Å². The smallest absolute Gasteiger partial charge is 0.207 e. The Kier molecular flexibility index (Phi) is 7.69. The third-order valence-corrected chi connectivity index (χ3v) is 7.46. The minimum atomic E-state index is -3.56. The van der Waals surface area contributed by atoms with Crippen molar-refractivity contribution in [3.8, 4) is 0 Å². The number of hydrogen-bond acceptors (Lipinski definition) is 2. The molecule has 0 heterocycles. The summed E-state index contributed by atoms with van der Waals surface area (Å²) in [5, 5.41) is 0. The maximum absolute atomic E-state index is 13.1. The molecule has 4 heteroatoms. The molecule has 3 nitrogen and oxygen atoms in total. The van der Waals surface area contributed by atoms with Crippen molar-refractivity contribution in [2.75, 3.05) is 0 Å². The lowest BCUT2D eigenvalue weighted by atomic mass is 9.67. The van der Waals surface area contributed by atoms with E-state index in [9.17, 15) is 8.42 Å². The summed E-state index contributed by atoms with van der Waals surface area (Å²) in [6.07, 6.45) is 14.2. The summed E-state index contributed by atoms with van der Waals surface area (Å²) in [5.41, 5.74) is 0.801. The van der Waals surface area contributed by atoms with E-state index >= 15 is 0 Å². The second kappa shape index (κ2) is 9.41. The molecule has 28 heavy (non-hydrogen) atoms. The highest BCUT2D eigenvalue weighted by molar-refractivity contribution is 7.89. The van der Waals surface area contributed by atoms with Crippen LogP contribution < -0.4 is 4.72 Å². The van der Waals surface area contributed by atoms with Gasteiger partial charge in [0.2, 0.25) is 10.0 Å². The Morgan fingerprint density at radius 2 is 1.71 bits per heavy atom. The summed E-state index contributed by atoms with van der Waals surface area (Å²) in [7, 11) is -3.56. The van der Waals surface area contributed by atoms with E-state index in [-0.39, 0.29) is 5.41 Å². The fourth-order valence-electron chi connectivity index (χ4n) is 3.93. The monoisotopic (exact) mass is 403 g/mol. The number of sulfonamides is 1. The van der Waals surface area contributed by atoms with Crippen molar-refractivity contribution in [3.05, 3.63) is 54.1 Å². The minimum Gasteiger partial charge on any atom is -0.207 e. The molecule has 1 N–H and O–H groups in total. The van der Waals surface area contributed by atoms with Crippen LogP contribution in [0, 0.1) is 18.3 Å². The van der Waals surface area contributed by atoms with Crippen molar-refractivity contribution in [1.82, 2.24) is 4.72 Å². The van der Waals surface area contributed by atoms with Crippen LogP contribution in [0.4, 0.5) is 0 Å². The third-order valence-electron chi connectivity index (χ3n) is 5.89. The first-order valence-corrected chi connectivity index (χ1v) is 12.0. The van der Waals surface area contributed by atoms with Gasteiger partial charge < -0.3 is 0 Å². The van der Waals surface area contributed by atoms with Gasteiger partial charge in [0.15, 0.2) is 0 Å². The second-order valence-corrected chi connectivity index (χ2v) is 11.0. The predicted octanol–water partition coefficient (Wildman–Crippen LogP) is 6.16. The molecule has 0 bridgehead atoms. The number of benzene rings is 1. The molecule has 0 radical (unpaired) electrons. The van der Waals surface area contributed by atoms with Crippen molar-refractivity contribution in [2.24, 2.45) is 11.3 Å². The lowest BCUT2D eigenvalue weighted by Gasteiger charge is -2.43. The molecule has 1 aliphatic rings. The zero-order chi connectivity index (χ0) is 20.8. The van der Waals surface area contributed by atoms with Crippen molar-refractivity contribution in [2.45, 2.75) is 83.6 Å². The van der Waals surface area contributed by atoms with Crippen molar-refractivity contribution in [3.63, 3.8) is 0 Å². The highest BCUT2D eigenvalue weighted by Gasteiger charge is 2.39. The number of aryl methyl sites for hydroxylation is 1. The Bertz CT molecular complexity index is 775. The van der Waals surface area contributed by atoms with Gasteiger partial charge in [-0.15, -0.1) is 0 Å². The van der Waals surface area contributed by atoms with Crippen LogP contribution in [0.15, 0.2) is 53.5 Å². The van der Waals surface area contributed by atoms with Gasteiger partial charge in [0.25, 0.3) is 0 Å². The Labute approximate surface area is 172 Å². The summed E-state index contributed by atoms with van der Waals surface area (Å²) in [6.45, 7) is 11.0. The third kappa shape index (κ3) is 6.31. The Morgan fingerprint density at radius 3 is 2.25 bits per heavy atom. The number of allylic oxidation sites excluding steroid dienone is 3. The average molecular weight is 404 g/mol. The largest absolute Gasteiger partial charge is 0.241 e. The van der Waals surface area contributed by atoms with E-state index in [2.05, 4.69) is 44.6 Å². The molecular formula is C24H37NO2S. The Morgan fingerprint density at radius 1 is 1.11 bits per heavy atom. The van der Waals surface area contributed by atoms with Gasteiger partial charge in [-0.2, -0.15) is 0 Å². The van der Waals surface area contributed by atoms with E-state index in [4.69, 9.17) is 0 Å². The summed E-state index contributed by atoms with van der Waals surface area (Å²) in [4.78, 5) is 0.338. The molecule has 1 aromatic carbocycles. The first kappa shape index (κ1) is 22.9. The molecule has 1 aliphatic carbocycles. The average Bonchev–Trinajstić information content (AvgIpc) is 2.61. The van der Waals surface area contributed by atoms with Gasteiger partial charge in [-0.25, -0.2) is 13.1 Å². The van der Waals surface area contributed by atoms with Crippen LogP contribution >= 0.6 is 0 Å². The lowest BCUT2D eigenvalue weighted by Crippen LogP contribution is -2.50. The number of unbranched alkanes of at least 4 members (excludes halogenated alkanes) is 1. The van der Waals surface area contributed by atoms with Crippen LogP contribution in [0.25, 0.3) is 0 Å². The number of hydrogen-bond donors (Lipinski definition) is 1. The number of rotatable bonds is 7. The molecule has 2 rings (SSSR count). The highest BCUT2D eigenvalue weighted by Crippen LogP contribution is 2.42. The van der Waals surface area contributed by atoms with E-state index < -0.39 is 15.6 Å². The van der Waals surface area contributed by atoms with E-state index in [0.717, 1.165) is 44.1 Å². The van der Waals surface area contributed by atoms with Gasteiger partial charge in [-0.05, 0) is 62.5 Å². The molecule has 0 spiro atoms. The molecule has 0 aliphatic heterocycles. The zero-order valence-electron chi connectivity index (χ0n) is 18.2. The fourth-order valence-corrected chi connectivity index (χ4v) is 5.35. The maximum Gasteiger partial charge on any atom is 0.241 e. The number of nitrogens with one attached hydrogen (secondary N) is 1. The summed E-state index contributed by atoms with van der Waals surface area (Å²) in [5.74, 6) is 0.619. The van der Waals surface area contributed by atoms with Gasteiger partial charge >= 0.3 is 0 Å². The molecule has 1 saturated carbocycles. The van der Waals surface area contributed by atoms with Crippen molar-refractivity contribution >= 4 is 10.0 Å². The quantitative estimate of drug-likeness (QED) is 0.554. The molecule has 1 aromatic rings. The SMILES string of the molecule is CCC/C=C\C=C\C1(NS(=O)(=O)c2ccc(C)cc2)CCC(C(C)(C)C)CC1. The van der Waals surface area contributed by atoms with Gasteiger partial charge in [-0.3, -0.25) is 0 Å². The normalized spacial score (nSPS) is 24.2. The van der Waals surface area contributed by atoms with Crippen LogP contribution in [0.3, 0.4) is 0 Å². The van der Waals surface area contributed by atoms with Crippen LogP contribution in [-0.4, -0.2) is 14.0 Å². The van der Waals surface area contributed by atoms with E-state index in [1.807, 2.05) is 31.2 Å². The lowest BCUT2D eigenvalue weighted by molar-refractivity contribution is 0.145. The molecular weight excluding hydrogens is 366 g/mol. The van der Waals surface area contributed by atoms with E-state index in [1.54, 1.807) is 12.1 Å².